The first kappa shape index (κ1) is 26.8. The van der Waals surface area contributed by atoms with Gasteiger partial charge in [-0.25, -0.2) is 4.90 Å². The summed E-state index contributed by atoms with van der Waals surface area (Å²) in [6, 6.07) is 20.7. The molecule has 10 nitrogen and oxygen atoms in total. The molecule has 0 radical (unpaired) electrons. The number of nitro benzene ring substituents is 1. The molecule has 4 amide bonds. The number of fused-ring (bicyclic) bond motifs is 4. The van der Waals surface area contributed by atoms with Crippen molar-refractivity contribution in [1.82, 2.24) is 0 Å². The van der Waals surface area contributed by atoms with Crippen molar-refractivity contribution in [1.29, 1.82) is 0 Å². The van der Waals surface area contributed by atoms with Gasteiger partial charge in [0, 0.05) is 23.6 Å². The van der Waals surface area contributed by atoms with E-state index >= 15 is 0 Å². The van der Waals surface area contributed by atoms with Gasteiger partial charge in [0.15, 0.2) is 0 Å². The molecule has 3 fully saturated rings. The molecule has 0 spiro atoms. The highest BCUT2D eigenvalue weighted by Gasteiger charge is 2.68. The van der Waals surface area contributed by atoms with Crippen LogP contribution >= 0.6 is 0 Å². The van der Waals surface area contributed by atoms with E-state index in [1.165, 1.54) is 29.2 Å². The number of para-hydroxylation sites is 2. The number of benzene rings is 3. The maximum Gasteiger partial charge on any atom is 0.269 e. The molecule has 10 heteroatoms. The third-order valence-corrected chi connectivity index (χ3v) is 9.86. The number of phenolic OH excluding ortho intramolecular Hbond substituents is 1. The summed E-state index contributed by atoms with van der Waals surface area (Å²) in [5.74, 6) is -5.10. The smallest absolute Gasteiger partial charge is 0.269 e. The van der Waals surface area contributed by atoms with E-state index in [1.807, 2.05) is 6.08 Å². The number of hydrogen-bond acceptors (Lipinski definition) is 7. The monoisotopic (exact) mass is 577 g/mol. The lowest BCUT2D eigenvalue weighted by Crippen LogP contribution is -2.48. The van der Waals surface area contributed by atoms with Gasteiger partial charge in [0.2, 0.25) is 23.6 Å². The Kier molecular flexibility index (Phi) is 5.88. The molecule has 2 aliphatic heterocycles. The number of rotatable bonds is 4. The number of amides is 4. The molecule has 1 saturated carbocycles. The molecule has 0 unspecified atom stereocenters. The zero-order valence-electron chi connectivity index (χ0n) is 23.1. The van der Waals surface area contributed by atoms with E-state index in [0.717, 1.165) is 10.5 Å². The fourth-order valence-corrected chi connectivity index (χ4v) is 7.89. The highest BCUT2D eigenvalue weighted by molar-refractivity contribution is 6.25. The van der Waals surface area contributed by atoms with Crippen LogP contribution in [0.15, 0.2) is 90.5 Å². The van der Waals surface area contributed by atoms with Crippen molar-refractivity contribution in [3.8, 4) is 5.75 Å². The molecule has 0 bridgehead atoms. The second kappa shape index (κ2) is 9.45. The third kappa shape index (κ3) is 3.65. The number of nitrogens with zero attached hydrogens (tertiary/aromatic N) is 3. The van der Waals surface area contributed by atoms with Crippen LogP contribution in [0.1, 0.15) is 31.2 Å². The van der Waals surface area contributed by atoms with Gasteiger partial charge >= 0.3 is 0 Å². The van der Waals surface area contributed by atoms with E-state index in [4.69, 9.17) is 0 Å². The number of aromatic hydroxyl groups is 1. The average Bonchev–Trinajstić information content (AvgIpc) is 3.37. The molecule has 7 rings (SSSR count). The second-order valence-corrected chi connectivity index (χ2v) is 11.8. The van der Waals surface area contributed by atoms with E-state index in [-0.39, 0.29) is 41.8 Å². The molecular formula is C33H27N3O7. The van der Waals surface area contributed by atoms with Crippen LogP contribution in [0, 0.1) is 39.2 Å². The Morgan fingerprint density at radius 1 is 0.814 bits per heavy atom. The maximum absolute atomic E-state index is 14.3. The summed E-state index contributed by atoms with van der Waals surface area (Å²) in [5, 5.41) is 22.2. The largest absolute Gasteiger partial charge is 0.508 e. The molecule has 4 aliphatic rings. The molecule has 6 atom stereocenters. The van der Waals surface area contributed by atoms with Gasteiger partial charge in [-0.2, -0.15) is 0 Å². The van der Waals surface area contributed by atoms with Crippen molar-refractivity contribution in [2.45, 2.75) is 25.7 Å². The fourth-order valence-electron chi connectivity index (χ4n) is 7.89. The maximum atomic E-state index is 14.3. The minimum atomic E-state index is -1.25. The summed E-state index contributed by atoms with van der Waals surface area (Å²) in [4.78, 5) is 69.1. The van der Waals surface area contributed by atoms with Crippen molar-refractivity contribution < 1.29 is 29.2 Å². The van der Waals surface area contributed by atoms with E-state index < -0.39 is 51.7 Å². The Hall–Kier alpha value is -5.12. The van der Waals surface area contributed by atoms with Crippen LogP contribution in [0.4, 0.5) is 17.1 Å². The van der Waals surface area contributed by atoms with Gasteiger partial charge in [-0.3, -0.25) is 34.2 Å². The van der Waals surface area contributed by atoms with Crippen LogP contribution in [0.25, 0.3) is 0 Å². The lowest BCUT2D eigenvalue weighted by atomic mass is 9.51. The summed E-state index contributed by atoms with van der Waals surface area (Å²) < 4.78 is 0. The quantitative estimate of drug-likeness (QED) is 0.205. The standard InChI is InChI=1S/C33H27N3O7/c1-33-25(30(39)35(32(33)41)18-7-3-2-4-8-18)17-24-21(28(33)22-9-5-6-10-26(22)37)15-16-23-27(24)31(40)34(29(23)38)19-11-13-20(14-12-19)36(42)43/h2-15,23-25,27-28,37H,16-17H2,1H3/t23-,24+,25-,27-,28+,33+/m0/s1. The van der Waals surface area contributed by atoms with Crippen LogP contribution < -0.4 is 9.80 Å². The van der Waals surface area contributed by atoms with Crippen molar-refractivity contribution in [2.24, 2.45) is 29.1 Å². The average molecular weight is 578 g/mol. The van der Waals surface area contributed by atoms with Crippen molar-refractivity contribution in [3.05, 3.63) is 106 Å². The summed E-state index contributed by atoms with van der Waals surface area (Å²) in [5.41, 5.74) is 0.555. The Bertz CT molecular complexity index is 1750. The first-order valence-corrected chi connectivity index (χ1v) is 14.2. The van der Waals surface area contributed by atoms with Crippen LogP contribution in [-0.2, 0) is 19.2 Å². The van der Waals surface area contributed by atoms with Gasteiger partial charge in [-0.05, 0) is 56.0 Å². The second-order valence-electron chi connectivity index (χ2n) is 11.8. The molecule has 1 N–H and O–H groups in total. The number of nitro groups is 1. The van der Waals surface area contributed by atoms with E-state index in [1.54, 1.807) is 61.5 Å². The number of phenols is 1. The fraction of sp³-hybridized carbons (Fsp3) is 0.273. The SMILES string of the molecule is C[C@@]12C(=O)N(c3ccccc3)C(=O)[C@@H]1C[C@@H]1C(=CC[C@@H]3C(=O)N(c4ccc([N+](=O)[O-])cc4)C(=O)[C@@H]31)[C@@H]2c1ccccc1O. The number of non-ortho nitro benzene ring substituents is 1. The molecule has 2 saturated heterocycles. The van der Waals surface area contributed by atoms with Crippen LogP contribution in [0.2, 0.25) is 0 Å². The first-order chi connectivity index (χ1) is 20.6. The number of hydrogen-bond donors (Lipinski definition) is 1. The number of allylic oxidation sites excluding steroid dienone is 2. The number of carbonyl (C=O) groups excluding carboxylic acids is 4. The Labute approximate surface area is 246 Å². The first-order valence-electron chi connectivity index (χ1n) is 14.2. The Balaban J connectivity index is 1.34. The summed E-state index contributed by atoms with van der Waals surface area (Å²) in [6.45, 7) is 1.77. The summed E-state index contributed by atoms with van der Waals surface area (Å²) in [6.07, 6.45) is 2.35. The Morgan fingerprint density at radius 2 is 1.47 bits per heavy atom. The predicted molar refractivity (Wildman–Crippen MR) is 155 cm³/mol. The molecular weight excluding hydrogens is 550 g/mol. The van der Waals surface area contributed by atoms with Crippen molar-refractivity contribution >= 4 is 40.7 Å². The van der Waals surface area contributed by atoms with E-state index in [0.29, 0.717) is 11.3 Å². The zero-order valence-corrected chi connectivity index (χ0v) is 23.1. The Morgan fingerprint density at radius 3 is 2.14 bits per heavy atom. The molecule has 0 aromatic heterocycles. The van der Waals surface area contributed by atoms with Crippen LogP contribution in [0.5, 0.6) is 5.75 Å². The molecule has 43 heavy (non-hydrogen) atoms. The lowest BCUT2D eigenvalue weighted by Gasteiger charge is -2.49. The van der Waals surface area contributed by atoms with Crippen LogP contribution in [0.3, 0.4) is 0 Å². The molecule has 216 valence electrons. The summed E-state index contributed by atoms with van der Waals surface area (Å²) >= 11 is 0. The van der Waals surface area contributed by atoms with Gasteiger partial charge in [0.1, 0.15) is 5.75 Å². The minimum Gasteiger partial charge on any atom is -0.508 e. The zero-order chi connectivity index (χ0) is 30.2. The van der Waals surface area contributed by atoms with Gasteiger partial charge in [0.05, 0.1) is 39.5 Å². The number of carbonyl (C=O) groups is 4. The normalized spacial score (nSPS) is 29.7. The number of anilines is 2. The molecule has 3 aromatic carbocycles. The van der Waals surface area contributed by atoms with Crippen molar-refractivity contribution in [2.75, 3.05) is 9.80 Å². The number of imide groups is 2. The predicted octanol–water partition coefficient (Wildman–Crippen LogP) is 4.74. The lowest BCUT2D eigenvalue weighted by molar-refractivity contribution is -0.384. The minimum absolute atomic E-state index is 0.0177. The van der Waals surface area contributed by atoms with Crippen molar-refractivity contribution in [3.63, 3.8) is 0 Å². The highest BCUT2D eigenvalue weighted by atomic mass is 16.6. The van der Waals surface area contributed by atoms with Crippen LogP contribution in [-0.4, -0.2) is 33.7 Å². The van der Waals surface area contributed by atoms with Gasteiger partial charge in [0.25, 0.3) is 5.69 Å². The van der Waals surface area contributed by atoms with E-state index in [9.17, 15) is 34.4 Å². The van der Waals surface area contributed by atoms with E-state index in [2.05, 4.69) is 0 Å². The van der Waals surface area contributed by atoms with Gasteiger partial charge in [-0.1, -0.05) is 48.0 Å². The topological polar surface area (TPSA) is 138 Å². The van der Waals surface area contributed by atoms with Gasteiger partial charge < -0.3 is 5.11 Å². The third-order valence-electron chi connectivity index (χ3n) is 9.86. The molecule has 2 heterocycles. The highest BCUT2D eigenvalue weighted by Crippen LogP contribution is 2.64. The molecule has 2 aliphatic carbocycles. The molecule has 3 aromatic rings. The van der Waals surface area contributed by atoms with Gasteiger partial charge in [-0.15, -0.1) is 0 Å². The summed E-state index contributed by atoms with van der Waals surface area (Å²) in [7, 11) is 0.